The van der Waals surface area contributed by atoms with Crippen molar-refractivity contribution in [3.05, 3.63) is 108 Å². The molecule has 7 heteroatoms. The van der Waals surface area contributed by atoms with Crippen LogP contribution in [0.2, 0.25) is 0 Å². The first-order valence-corrected chi connectivity index (χ1v) is 13.3. The van der Waals surface area contributed by atoms with Crippen LogP contribution in [0.5, 0.6) is 0 Å². The molecule has 0 spiro atoms. The Labute approximate surface area is 223 Å². The molecule has 0 bridgehead atoms. The van der Waals surface area contributed by atoms with Crippen molar-refractivity contribution in [3.63, 3.8) is 0 Å². The number of thioether (sulfide) groups is 1. The van der Waals surface area contributed by atoms with E-state index in [0.717, 1.165) is 16.7 Å². The van der Waals surface area contributed by atoms with Crippen molar-refractivity contribution < 1.29 is 14.4 Å². The summed E-state index contributed by atoms with van der Waals surface area (Å²) < 4.78 is -0.617. The molecule has 194 valence electrons. The molecule has 0 aliphatic heterocycles. The molecule has 0 heterocycles. The summed E-state index contributed by atoms with van der Waals surface area (Å²) in [5, 5.41) is 8.02. The van der Waals surface area contributed by atoms with Gasteiger partial charge in [0.25, 0.3) is 0 Å². The number of carbonyl (C=O) groups excluding carboxylic acids is 3. The quantitative estimate of drug-likeness (QED) is 0.334. The van der Waals surface area contributed by atoms with Crippen molar-refractivity contribution in [3.8, 4) is 0 Å². The monoisotopic (exact) mass is 517 g/mol. The molecule has 3 rings (SSSR count). The summed E-state index contributed by atoms with van der Waals surface area (Å²) in [6.45, 7) is 6.24. The molecular weight excluding hydrogens is 482 g/mol. The van der Waals surface area contributed by atoms with E-state index in [4.69, 9.17) is 0 Å². The standard InChI is InChI=1S/C30H35N3O3S/c1-29(2,3)22-33-27(35)20-31-26(34)19-32-28(36)21-37-30(23-13-7-4-8-14-23,24-15-9-5-10-16-24)25-17-11-6-12-18-25/h4-18H,19-22H2,1-3H3,(H,31,34)(H,32,36)(H,33,35). The summed E-state index contributed by atoms with van der Waals surface area (Å²) in [4.78, 5) is 37.0. The van der Waals surface area contributed by atoms with Crippen LogP contribution < -0.4 is 16.0 Å². The van der Waals surface area contributed by atoms with E-state index >= 15 is 0 Å². The molecule has 0 saturated carbocycles. The predicted octanol–water partition coefficient (Wildman–Crippen LogP) is 4.11. The first-order chi connectivity index (χ1) is 17.7. The number of rotatable bonds is 11. The zero-order valence-corrected chi connectivity index (χ0v) is 22.4. The normalized spacial score (nSPS) is 11.4. The van der Waals surface area contributed by atoms with Gasteiger partial charge in [-0.25, -0.2) is 0 Å². The second-order valence-corrected chi connectivity index (χ2v) is 11.1. The van der Waals surface area contributed by atoms with Crippen LogP contribution in [0.15, 0.2) is 91.0 Å². The number of hydrogen-bond donors (Lipinski definition) is 3. The van der Waals surface area contributed by atoms with E-state index in [1.165, 1.54) is 11.8 Å². The molecule has 0 fully saturated rings. The van der Waals surface area contributed by atoms with E-state index in [0.29, 0.717) is 6.54 Å². The Balaban J connectivity index is 1.67. The molecule has 3 aromatic carbocycles. The number of hydrogen-bond acceptors (Lipinski definition) is 4. The summed E-state index contributed by atoms with van der Waals surface area (Å²) in [6, 6.07) is 30.4. The average molecular weight is 518 g/mol. The smallest absolute Gasteiger partial charge is 0.239 e. The van der Waals surface area contributed by atoms with Gasteiger partial charge in [-0.1, -0.05) is 112 Å². The Hall–Kier alpha value is -3.58. The van der Waals surface area contributed by atoms with Crippen LogP contribution in [0.1, 0.15) is 37.5 Å². The summed E-state index contributed by atoms with van der Waals surface area (Å²) in [6.07, 6.45) is 0. The lowest BCUT2D eigenvalue weighted by molar-refractivity contribution is -0.127. The molecular formula is C30H35N3O3S. The first-order valence-electron chi connectivity index (χ1n) is 12.3. The summed E-state index contributed by atoms with van der Waals surface area (Å²) in [5.74, 6) is -0.796. The van der Waals surface area contributed by atoms with Crippen molar-refractivity contribution >= 4 is 29.5 Å². The van der Waals surface area contributed by atoms with Gasteiger partial charge in [0.2, 0.25) is 17.7 Å². The Bertz CT molecular complexity index is 1070. The van der Waals surface area contributed by atoms with E-state index in [1.54, 1.807) is 0 Å². The van der Waals surface area contributed by atoms with Crippen molar-refractivity contribution in [2.45, 2.75) is 25.5 Å². The molecule has 3 N–H and O–H groups in total. The van der Waals surface area contributed by atoms with Gasteiger partial charge in [0.1, 0.15) is 0 Å². The molecule has 3 aromatic rings. The highest BCUT2D eigenvalue weighted by Gasteiger charge is 2.37. The van der Waals surface area contributed by atoms with Gasteiger partial charge in [0, 0.05) is 6.54 Å². The number of nitrogens with one attached hydrogen (secondary N) is 3. The fourth-order valence-electron chi connectivity index (χ4n) is 3.84. The van der Waals surface area contributed by atoms with E-state index in [-0.39, 0.29) is 36.1 Å². The molecule has 0 aliphatic carbocycles. The summed E-state index contributed by atoms with van der Waals surface area (Å²) in [5.41, 5.74) is 3.14. The Morgan fingerprint density at radius 1 is 0.595 bits per heavy atom. The van der Waals surface area contributed by atoms with Crippen molar-refractivity contribution in [1.82, 2.24) is 16.0 Å². The maximum Gasteiger partial charge on any atom is 0.239 e. The SMILES string of the molecule is CC(C)(C)CNC(=O)CNC(=O)CNC(=O)CSC(c1ccccc1)(c1ccccc1)c1ccccc1. The van der Waals surface area contributed by atoms with Gasteiger partial charge in [-0.15, -0.1) is 11.8 Å². The van der Waals surface area contributed by atoms with Crippen molar-refractivity contribution in [1.29, 1.82) is 0 Å². The number of amides is 3. The fourth-order valence-corrected chi connectivity index (χ4v) is 5.20. The molecule has 3 amide bonds. The average Bonchev–Trinajstić information content (AvgIpc) is 2.91. The molecule has 0 radical (unpaired) electrons. The Morgan fingerprint density at radius 2 is 0.973 bits per heavy atom. The van der Waals surface area contributed by atoms with Gasteiger partial charge in [-0.3, -0.25) is 14.4 Å². The van der Waals surface area contributed by atoms with E-state index in [9.17, 15) is 14.4 Å². The lowest BCUT2D eigenvalue weighted by Gasteiger charge is -2.35. The van der Waals surface area contributed by atoms with Crippen LogP contribution in [0.25, 0.3) is 0 Å². The highest BCUT2D eigenvalue weighted by molar-refractivity contribution is 8.01. The molecule has 0 aliphatic rings. The third-order valence-electron chi connectivity index (χ3n) is 5.67. The highest BCUT2D eigenvalue weighted by Crippen LogP contribution is 2.48. The van der Waals surface area contributed by atoms with Crippen LogP contribution in [-0.4, -0.2) is 43.1 Å². The van der Waals surface area contributed by atoms with Crippen LogP contribution in [0, 0.1) is 5.41 Å². The molecule has 0 atom stereocenters. The first kappa shape index (κ1) is 28.0. The molecule has 6 nitrogen and oxygen atoms in total. The van der Waals surface area contributed by atoms with E-state index in [2.05, 4.69) is 52.3 Å². The van der Waals surface area contributed by atoms with Crippen LogP contribution in [0.3, 0.4) is 0 Å². The third-order valence-corrected chi connectivity index (χ3v) is 7.22. The van der Waals surface area contributed by atoms with Crippen LogP contribution in [-0.2, 0) is 19.1 Å². The minimum atomic E-state index is -0.617. The van der Waals surface area contributed by atoms with Gasteiger partial charge >= 0.3 is 0 Å². The van der Waals surface area contributed by atoms with Crippen LogP contribution >= 0.6 is 11.8 Å². The lowest BCUT2D eigenvalue weighted by atomic mass is 9.84. The van der Waals surface area contributed by atoms with Gasteiger partial charge < -0.3 is 16.0 Å². The maximum atomic E-state index is 12.8. The highest BCUT2D eigenvalue weighted by atomic mass is 32.2. The zero-order valence-electron chi connectivity index (χ0n) is 21.6. The van der Waals surface area contributed by atoms with Crippen molar-refractivity contribution in [2.24, 2.45) is 5.41 Å². The molecule has 0 saturated heterocycles. The second kappa shape index (κ2) is 13.1. The van der Waals surface area contributed by atoms with Crippen molar-refractivity contribution in [2.75, 3.05) is 25.4 Å². The predicted molar refractivity (Wildman–Crippen MR) is 150 cm³/mol. The van der Waals surface area contributed by atoms with Gasteiger partial charge in [0.15, 0.2) is 0 Å². The largest absolute Gasteiger partial charge is 0.354 e. The minimum Gasteiger partial charge on any atom is -0.354 e. The number of benzene rings is 3. The van der Waals surface area contributed by atoms with E-state index in [1.807, 2.05) is 75.4 Å². The maximum absolute atomic E-state index is 12.8. The Morgan fingerprint density at radius 3 is 1.38 bits per heavy atom. The Kier molecular flexibility index (Phi) is 9.92. The lowest BCUT2D eigenvalue weighted by Crippen LogP contribution is -2.43. The van der Waals surface area contributed by atoms with Gasteiger partial charge in [0.05, 0.1) is 23.6 Å². The summed E-state index contributed by atoms with van der Waals surface area (Å²) >= 11 is 1.51. The minimum absolute atomic E-state index is 0.0419. The molecule has 37 heavy (non-hydrogen) atoms. The van der Waals surface area contributed by atoms with Gasteiger partial charge in [-0.2, -0.15) is 0 Å². The number of carbonyl (C=O) groups is 3. The van der Waals surface area contributed by atoms with E-state index < -0.39 is 10.7 Å². The fraction of sp³-hybridized carbons (Fsp3) is 0.300. The topological polar surface area (TPSA) is 87.3 Å². The van der Waals surface area contributed by atoms with Crippen LogP contribution in [0.4, 0.5) is 0 Å². The summed E-state index contributed by atoms with van der Waals surface area (Å²) in [7, 11) is 0. The molecule has 0 aromatic heterocycles. The zero-order chi connectivity index (χ0) is 26.7. The second-order valence-electron chi connectivity index (χ2n) is 9.96. The third kappa shape index (κ3) is 8.22. The molecule has 0 unspecified atom stereocenters. The van der Waals surface area contributed by atoms with Gasteiger partial charge in [-0.05, 0) is 22.1 Å².